The first-order chi connectivity index (χ1) is 11.5. The number of benzene rings is 2. The predicted octanol–water partition coefficient (Wildman–Crippen LogP) is 3.83. The van der Waals surface area contributed by atoms with Crippen LogP contribution in [-0.2, 0) is 15.3 Å². The normalized spacial score (nSPS) is 11.6. The minimum absolute atomic E-state index is 0.0366. The Morgan fingerprint density at radius 1 is 1.08 bits per heavy atom. The molecule has 0 heterocycles. The molecule has 0 aliphatic heterocycles. The monoisotopic (exact) mass is 406 g/mol. The molecule has 24 heavy (non-hydrogen) atoms. The van der Waals surface area contributed by atoms with Gasteiger partial charge in [0.2, 0.25) is 11.8 Å². The molecule has 0 spiro atoms. The number of hydrogen-bond acceptors (Lipinski definition) is 3. The van der Waals surface area contributed by atoms with Crippen molar-refractivity contribution < 1.29 is 9.59 Å². The van der Waals surface area contributed by atoms with Crippen molar-refractivity contribution in [1.29, 1.82) is 0 Å². The molecule has 0 saturated heterocycles. The molecule has 0 fully saturated rings. The van der Waals surface area contributed by atoms with Gasteiger partial charge in [0.05, 0.1) is 11.8 Å². The molecule has 0 saturated carbocycles. The van der Waals surface area contributed by atoms with E-state index in [2.05, 4.69) is 26.6 Å². The van der Waals surface area contributed by atoms with E-state index in [1.807, 2.05) is 49.4 Å². The van der Waals surface area contributed by atoms with Crippen LogP contribution in [0.1, 0.15) is 12.5 Å². The maximum absolute atomic E-state index is 12.0. The summed E-state index contributed by atoms with van der Waals surface area (Å²) in [6.45, 7) is 1.81. The molecule has 6 heteroatoms. The molecule has 0 radical (unpaired) electrons. The van der Waals surface area contributed by atoms with Crippen molar-refractivity contribution >= 4 is 45.2 Å². The van der Waals surface area contributed by atoms with Gasteiger partial charge in [-0.1, -0.05) is 46.3 Å². The standard InChI is InChI=1S/C18H19BrN2O2S/c1-13(24-12-14-5-3-2-4-6-14)18(23)20-11-17(22)21-16-9-7-15(19)8-10-16/h2-10,13H,11-12H2,1H3,(H,20,23)(H,21,22). The maximum Gasteiger partial charge on any atom is 0.243 e. The number of amides is 2. The summed E-state index contributed by atoms with van der Waals surface area (Å²) in [5.41, 5.74) is 1.87. The maximum atomic E-state index is 12.0. The third kappa shape index (κ3) is 6.37. The van der Waals surface area contributed by atoms with Gasteiger partial charge in [-0.15, -0.1) is 11.8 Å². The van der Waals surface area contributed by atoms with E-state index >= 15 is 0 Å². The second kappa shape index (κ2) is 9.49. The van der Waals surface area contributed by atoms with E-state index in [0.29, 0.717) is 5.69 Å². The fourth-order valence-corrected chi connectivity index (χ4v) is 3.05. The first kappa shape index (κ1) is 18.5. The van der Waals surface area contributed by atoms with E-state index in [1.165, 1.54) is 5.56 Å². The zero-order chi connectivity index (χ0) is 17.4. The van der Waals surface area contributed by atoms with E-state index < -0.39 is 0 Å². The van der Waals surface area contributed by atoms with Gasteiger partial charge < -0.3 is 10.6 Å². The van der Waals surface area contributed by atoms with Crippen LogP contribution in [0.15, 0.2) is 59.1 Å². The summed E-state index contributed by atoms with van der Waals surface area (Å²) in [4.78, 5) is 23.9. The van der Waals surface area contributed by atoms with Gasteiger partial charge in [-0.25, -0.2) is 0 Å². The van der Waals surface area contributed by atoms with Crippen molar-refractivity contribution in [1.82, 2.24) is 5.32 Å². The lowest BCUT2D eigenvalue weighted by Gasteiger charge is -2.12. The minimum atomic E-state index is -0.245. The molecule has 0 bridgehead atoms. The SMILES string of the molecule is CC(SCc1ccccc1)C(=O)NCC(=O)Nc1ccc(Br)cc1. The Morgan fingerprint density at radius 3 is 2.42 bits per heavy atom. The zero-order valence-electron chi connectivity index (χ0n) is 13.3. The van der Waals surface area contributed by atoms with E-state index in [1.54, 1.807) is 23.9 Å². The van der Waals surface area contributed by atoms with Crippen LogP contribution in [-0.4, -0.2) is 23.6 Å². The Morgan fingerprint density at radius 2 is 1.75 bits per heavy atom. The summed E-state index contributed by atoms with van der Waals surface area (Å²) in [5, 5.41) is 5.19. The van der Waals surface area contributed by atoms with Crippen LogP contribution in [0.5, 0.6) is 0 Å². The quantitative estimate of drug-likeness (QED) is 0.734. The molecule has 2 aromatic rings. The van der Waals surface area contributed by atoms with Crippen LogP contribution < -0.4 is 10.6 Å². The Balaban J connectivity index is 1.71. The summed E-state index contributed by atoms with van der Waals surface area (Å²) in [6.07, 6.45) is 0. The number of carbonyl (C=O) groups excluding carboxylic acids is 2. The zero-order valence-corrected chi connectivity index (χ0v) is 15.7. The summed E-state index contributed by atoms with van der Waals surface area (Å²) in [6, 6.07) is 17.3. The fourth-order valence-electron chi connectivity index (χ4n) is 1.92. The Kier molecular flexibility index (Phi) is 7.34. The van der Waals surface area contributed by atoms with Gasteiger partial charge in [0, 0.05) is 15.9 Å². The van der Waals surface area contributed by atoms with Crippen LogP contribution in [0, 0.1) is 0 Å². The van der Waals surface area contributed by atoms with Crippen molar-refractivity contribution in [2.45, 2.75) is 17.9 Å². The topological polar surface area (TPSA) is 58.2 Å². The van der Waals surface area contributed by atoms with Gasteiger partial charge in [-0.3, -0.25) is 9.59 Å². The Labute approximate surface area is 154 Å². The molecule has 0 aliphatic carbocycles. The lowest BCUT2D eigenvalue weighted by molar-refractivity contribution is -0.123. The van der Waals surface area contributed by atoms with Gasteiger partial charge >= 0.3 is 0 Å². The van der Waals surface area contributed by atoms with Crippen molar-refractivity contribution in [3.05, 3.63) is 64.6 Å². The highest BCUT2D eigenvalue weighted by Gasteiger charge is 2.14. The van der Waals surface area contributed by atoms with Crippen molar-refractivity contribution in [3.8, 4) is 0 Å². The molecule has 1 atom stereocenters. The molecule has 0 aromatic heterocycles. The molecule has 2 N–H and O–H groups in total. The molecule has 0 aliphatic rings. The summed E-state index contributed by atoms with van der Waals surface area (Å²) < 4.78 is 0.943. The Bertz CT molecular complexity index is 677. The molecule has 126 valence electrons. The highest BCUT2D eigenvalue weighted by atomic mass is 79.9. The number of rotatable bonds is 7. The second-order valence-corrected chi connectivity index (χ2v) is 7.46. The van der Waals surface area contributed by atoms with Crippen LogP contribution in [0.25, 0.3) is 0 Å². The van der Waals surface area contributed by atoms with E-state index in [4.69, 9.17) is 0 Å². The van der Waals surface area contributed by atoms with Gasteiger partial charge in [0.1, 0.15) is 0 Å². The molecule has 4 nitrogen and oxygen atoms in total. The van der Waals surface area contributed by atoms with E-state index in [-0.39, 0.29) is 23.6 Å². The van der Waals surface area contributed by atoms with Gasteiger partial charge in [-0.2, -0.15) is 0 Å². The number of carbonyl (C=O) groups is 2. The van der Waals surface area contributed by atoms with Gasteiger partial charge in [0.25, 0.3) is 0 Å². The summed E-state index contributed by atoms with van der Waals surface area (Å²) in [5.74, 6) is 0.383. The van der Waals surface area contributed by atoms with Crippen LogP contribution >= 0.6 is 27.7 Å². The first-order valence-electron chi connectivity index (χ1n) is 7.53. The molecule has 2 aromatic carbocycles. The molecular formula is C18H19BrN2O2S. The van der Waals surface area contributed by atoms with Gasteiger partial charge in [0.15, 0.2) is 0 Å². The van der Waals surface area contributed by atoms with Crippen molar-refractivity contribution in [2.24, 2.45) is 0 Å². The predicted molar refractivity (Wildman–Crippen MR) is 103 cm³/mol. The average molecular weight is 407 g/mol. The first-order valence-corrected chi connectivity index (χ1v) is 9.37. The number of anilines is 1. The van der Waals surface area contributed by atoms with Crippen LogP contribution in [0.3, 0.4) is 0 Å². The molecule has 2 rings (SSSR count). The lowest BCUT2D eigenvalue weighted by atomic mass is 10.2. The van der Waals surface area contributed by atoms with E-state index in [0.717, 1.165) is 10.2 Å². The highest BCUT2D eigenvalue weighted by Crippen LogP contribution is 2.17. The molecular weight excluding hydrogens is 388 g/mol. The van der Waals surface area contributed by atoms with Gasteiger partial charge in [-0.05, 0) is 36.8 Å². The third-order valence-corrected chi connectivity index (χ3v) is 5.01. The Hall–Kier alpha value is -1.79. The fraction of sp³-hybridized carbons (Fsp3) is 0.222. The van der Waals surface area contributed by atoms with Crippen LogP contribution in [0.4, 0.5) is 5.69 Å². The highest BCUT2D eigenvalue weighted by molar-refractivity contribution is 9.10. The summed E-state index contributed by atoms with van der Waals surface area (Å²) >= 11 is 4.88. The number of hydrogen-bond donors (Lipinski definition) is 2. The van der Waals surface area contributed by atoms with Crippen molar-refractivity contribution in [3.63, 3.8) is 0 Å². The van der Waals surface area contributed by atoms with Crippen LogP contribution in [0.2, 0.25) is 0 Å². The summed E-state index contributed by atoms with van der Waals surface area (Å²) in [7, 11) is 0. The number of thioether (sulfide) groups is 1. The smallest absolute Gasteiger partial charge is 0.243 e. The largest absolute Gasteiger partial charge is 0.346 e. The van der Waals surface area contributed by atoms with E-state index in [9.17, 15) is 9.59 Å². The lowest BCUT2D eigenvalue weighted by Crippen LogP contribution is -2.37. The second-order valence-electron chi connectivity index (χ2n) is 5.21. The number of halogens is 1. The molecule has 1 unspecified atom stereocenters. The average Bonchev–Trinajstić information content (AvgIpc) is 2.60. The third-order valence-electron chi connectivity index (χ3n) is 3.26. The molecule has 2 amide bonds. The van der Waals surface area contributed by atoms with Crippen molar-refractivity contribution in [2.75, 3.05) is 11.9 Å². The minimum Gasteiger partial charge on any atom is -0.346 e. The number of nitrogens with one attached hydrogen (secondary N) is 2.